The third kappa shape index (κ3) is 5.65. The highest BCUT2D eigenvalue weighted by atomic mass is 35.5. The third-order valence-corrected chi connectivity index (χ3v) is 6.82. The van der Waals surface area contributed by atoms with Gasteiger partial charge in [-0.25, -0.2) is 4.79 Å². The fraction of sp³-hybridized carbons (Fsp3) is 0.0800. The second-order valence-electron chi connectivity index (χ2n) is 7.28. The molecule has 6 nitrogen and oxygen atoms in total. The Balaban J connectivity index is 1.57. The smallest absolute Gasteiger partial charge is 0.345 e. The molecule has 0 radical (unpaired) electrons. The van der Waals surface area contributed by atoms with Crippen LogP contribution in [-0.2, 0) is 11.3 Å². The van der Waals surface area contributed by atoms with Crippen molar-refractivity contribution in [1.82, 2.24) is 4.90 Å². The van der Waals surface area contributed by atoms with Gasteiger partial charge in [0, 0.05) is 10.0 Å². The first-order chi connectivity index (χ1) is 16.8. The Morgan fingerprint density at radius 2 is 1.74 bits per heavy atom. The number of rotatable bonds is 6. The molecule has 0 aliphatic carbocycles. The fourth-order valence-electron chi connectivity index (χ4n) is 3.25. The number of thioether (sulfide) groups is 1. The largest absolute Gasteiger partial charge is 0.493 e. The number of carbonyl (C=O) groups is 3. The summed E-state index contributed by atoms with van der Waals surface area (Å²) < 4.78 is 10.8. The first-order valence-electron chi connectivity index (χ1n) is 10.1. The van der Waals surface area contributed by atoms with Crippen LogP contribution in [0, 0.1) is 0 Å². The molecule has 0 spiro atoms. The van der Waals surface area contributed by atoms with E-state index in [4.69, 9.17) is 44.3 Å². The third-order valence-electron chi connectivity index (χ3n) is 5.00. The number of methoxy groups -OCH3 is 1. The van der Waals surface area contributed by atoms with Crippen LogP contribution in [0.1, 0.15) is 21.5 Å². The van der Waals surface area contributed by atoms with Crippen LogP contribution in [0.15, 0.2) is 65.6 Å². The second kappa shape index (κ2) is 10.7. The normalized spacial score (nSPS) is 14.5. The summed E-state index contributed by atoms with van der Waals surface area (Å²) >= 11 is 19.0. The van der Waals surface area contributed by atoms with Crippen molar-refractivity contribution in [3.05, 3.63) is 97.3 Å². The summed E-state index contributed by atoms with van der Waals surface area (Å²) in [4.78, 5) is 39.4. The lowest BCUT2D eigenvalue weighted by molar-refractivity contribution is -0.123. The summed E-state index contributed by atoms with van der Waals surface area (Å²) in [6, 6.07) is 16.2. The highest BCUT2D eigenvalue weighted by Crippen LogP contribution is 2.36. The Labute approximate surface area is 220 Å². The van der Waals surface area contributed by atoms with E-state index >= 15 is 0 Å². The zero-order chi connectivity index (χ0) is 25.1. The Hall–Kier alpha value is -2.97. The van der Waals surface area contributed by atoms with Crippen molar-refractivity contribution in [3.63, 3.8) is 0 Å². The van der Waals surface area contributed by atoms with Crippen molar-refractivity contribution in [2.45, 2.75) is 6.54 Å². The van der Waals surface area contributed by atoms with Gasteiger partial charge in [-0.3, -0.25) is 14.5 Å². The van der Waals surface area contributed by atoms with E-state index in [0.29, 0.717) is 26.9 Å². The predicted octanol–water partition coefficient (Wildman–Crippen LogP) is 7.11. The van der Waals surface area contributed by atoms with Crippen molar-refractivity contribution >= 4 is 69.8 Å². The molecular formula is C25H16Cl3NO5S. The number of carbonyl (C=O) groups excluding carboxylic acids is 3. The average molecular weight is 549 g/mol. The number of hydrogen-bond acceptors (Lipinski definition) is 6. The number of benzene rings is 3. The highest BCUT2D eigenvalue weighted by Gasteiger charge is 2.35. The maximum atomic E-state index is 12.9. The van der Waals surface area contributed by atoms with E-state index in [-0.39, 0.29) is 27.8 Å². The van der Waals surface area contributed by atoms with E-state index in [1.165, 1.54) is 13.2 Å². The van der Waals surface area contributed by atoms with Gasteiger partial charge >= 0.3 is 5.97 Å². The first-order valence-corrected chi connectivity index (χ1v) is 12.1. The monoisotopic (exact) mass is 547 g/mol. The molecule has 1 saturated heterocycles. The lowest BCUT2D eigenvalue weighted by atomic mass is 10.1. The van der Waals surface area contributed by atoms with Gasteiger partial charge in [0.1, 0.15) is 0 Å². The van der Waals surface area contributed by atoms with Crippen molar-refractivity contribution in [1.29, 1.82) is 0 Å². The zero-order valence-corrected chi connectivity index (χ0v) is 21.2. The Kier molecular flexibility index (Phi) is 7.72. The molecule has 178 valence electrons. The van der Waals surface area contributed by atoms with Gasteiger partial charge in [-0.05, 0) is 65.4 Å². The summed E-state index contributed by atoms with van der Waals surface area (Å²) in [5, 5.41) is 0.646. The van der Waals surface area contributed by atoms with Gasteiger partial charge in [0.25, 0.3) is 11.1 Å². The van der Waals surface area contributed by atoms with Crippen LogP contribution in [0.25, 0.3) is 6.08 Å². The van der Waals surface area contributed by atoms with Crippen LogP contribution in [-0.4, -0.2) is 29.1 Å². The number of amides is 2. The molecular weight excluding hydrogens is 533 g/mol. The second-order valence-corrected chi connectivity index (χ2v) is 9.53. The van der Waals surface area contributed by atoms with Gasteiger partial charge < -0.3 is 9.47 Å². The minimum Gasteiger partial charge on any atom is -0.493 e. The molecule has 0 saturated carbocycles. The number of esters is 1. The SMILES string of the molecule is COc1ccc(/C=C2\SC(=O)N(Cc3ccc(Cl)cc3Cl)C2=O)cc1OC(=O)c1ccccc1Cl. The number of hydrogen-bond donors (Lipinski definition) is 0. The first kappa shape index (κ1) is 25.1. The quantitative estimate of drug-likeness (QED) is 0.186. The molecule has 1 aliphatic rings. The molecule has 0 N–H and O–H groups in total. The molecule has 1 heterocycles. The van der Waals surface area contributed by atoms with E-state index in [2.05, 4.69) is 0 Å². The number of imide groups is 1. The molecule has 10 heteroatoms. The summed E-state index contributed by atoms with van der Waals surface area (Å²) in [7, 11) is 1.44. The van der Waals surface area contributed by atoms with E-state index < -0.39 is 17.1 Å². The summed E-state index contributed by atoms with van der Waals surface area (Å²) in [6.45, 7) is 0.0152. The van der Waals surface area contributed by atoms with Crippen LogP contribution in [0.4, 0.5) is 4.79 Å². The van der Waals surface area contributed by atoms with E-state index in [1.807, 2.05) is 0 Å². The van der Waals surface area contributed by atoms with Gasteiger partial charge in [0.15, 0.2) is 11.5 Å². The zero-order valence-electron chi connectivity index (χ0n) is 18.1. The minimum atomic E-state index is -0.661. The van der Waals surface area contributed by atoms with Crippen LogP contribution in [0.3, 0.4) is 0 Å². The molecule has 2 amide bonds. The number of ether oxygens (including phenoxy) is 2. The molecule has 3 aromatic rings. The number of halogens is 3. The predicted molar refractivity (Wildman–Crippen MR) is 137 cm³/mol. The van der Waals surface area contributed by atoms with Crippen molar-refractivity contribution in [2.75, 3.05) is 7.11 Å². The molecule has 1 fully saturated rings. The Morgan fingerprint density at radius 3 is 2.46 bits per heavy atom. The number of nitrogens with zero attached hydrogens (tertiary/aromatic N) is 1. The van der Waals surface area contributed by atoms with Crippen LogP contribution in [0.2, 0.25) is 15.1 Å². The van der Waals surface area contributed by atoms with Gasteiger partial charge in [-0.1, -0.05) is 59.1 Å². The molecule has 4 rings (SSSR count). The standard InChI is InChI=1S/C25H16Cl3NO5S/c1-33-20-9-6-14(10-21(20)34-24(31)17-4-2-3-5-18(17)27)11-22-23(30)29(25(32)35-22)13-15-7-8-16(26)12-19(15)28/h2-12H,13H2,1H3/b22-11-. The Morgan fingerprint density at radius 1 is 0.971 bits per heavy atom. The maximum Gasteiger partial charge on any atom is 0.345 e. The van der Waals surface area contributed by atoms with Gasteiger partial charge in [0.2, 0.25) is 0 Å². The Bertz CT molecular complexity index is 1370. The van der Waals surface area contributed by atoms with E-state index in [0.717, 1.165) is 16.7 Å². The molecule has 35 heavy (non-hydrogen) atoms. The van der Waals surface area contributed by atoms with Crippen LogP contribution < -0.4 is 9.47 Å². The van der Waals surface area contributed by atoms with Crippen LogP contribution >= 0.6 is 46.6 Å². The van der Waals surface area contributed by atoms with Gasteiger partial charge in [0.05, 0.1) is 29.1 Å². The summed E-state index contributed by atoms with van der Waals surface area (Å²) in [5.41, 5.74) is 1.32. The molecule has 3 aromatic carbocycles. The average Bonchev–Trinajstić information content (AvgIpc) is 3.08. The van der Waals surface area contributed by atoms with Crippen LogP contribution in [0.5, 0.6) is 11.5 Å². The lowest BCUT2D eigenvalue weighted by Crippen LogP contribution is -2.27. The molecule has 0 atom stereocenters. The topological polar surface area (TPSA) is 72.9 Å². The van der Waals surface area contributed by atoms with Crippen molar-refractivity contribution in [3.8, 4) is 11.5 Å². The molecule has 0 bridgehead atoms. The molecule has 0 aromatic heterocycles. The molecule has 1 aliphatic heterocycles. The fourth-order valence-corrected chi connectivity index (χ4v) is 4.77. The van der Waals surface area contributed by atoms with Crippen molar-refractivity contribution < 1.29 is 23.9 Å². The van der Waals surface area contributed by atoms with E-state index in [9.17, 15) is 14.4 Å². The summed E-state index contributed by atoms with van der Waals surface area (Å²) in [5.74, 6) is -0.672. The lowest BCUT2D eigenvalue weighted by Gasteiger charge is -2.13. The van der Waals surface area contributed by atoms with Crippen molar-refractivity contribution in [2.24, 2.45) is 0 Å². The molecule has 0 unspecified atom stereocenters. The maximum absolute atomic E-state index is 12.9. The van der Waals surface area contributed by atoms with Gasteiger partial charge in [-0.2, -0.15) is 0 Å². The minimum absolute atomic E-state index is 0.0152. The van der Waals surface area contributed by atoms with Gasteiger partial charge in [-0.15, -0.1) is 0 Å². The highest BCUT2D eigenvalue weighted by molar-refractivity contribution is 8.18. The van der Waals surface area contributed by atoms with E-state index in [1.54, 1.807) is 60.7 Å². The summed E-state index contributed by atoms with van der Waals surface area (Å²) in [6.07, 6.45) is 1.54.